The van der Waals surface area contributed by atoms with Gasteiger partial charge in [-0.3, -0.25) is 0 Å². The first-order chi connectivity index (χ1) is 8.19. The monoisotopic (exact) mass is 259 g/mol. The van der Waals surface area contributed by atoms with Crippen LogP contribution in [-0.2, 0) is 6.42 Å². The second kappa shape index (κ2) is 7.67. The molecule has 0 saturated carbocycles. The van der Waals surface area contributed by atoms with Crippen LogP contribution in [0.2, 0.25) is 0 Å². The van der Waals surface area contributed by atoms with Gasteiger partial charge in [0.2, 0.25) is 0 Å². The van der Waals surface area contributed by atoms with E-state index in [4.69, 9.17) is 0 Å². The molecule has 1 nitrogen and oxygen atoms in total. The number of hydrogen-bond donors (Lipinski definition) is 1. The molecule has 0 saturated heterocycles. The molecular weight excluding hydrogens is 240 g/mol. The van der Waals surface area contributed by atoms with Crippen molar-refractivity contribution in [1.29, 1.82) is 0 Å². The van der Waals surface area contributed by atoms with Gasteiger partial charge >= 0.3 is 0 Å². The summed E-state index contributed by atoms with van der Waals surface area (Å²) in [7, 11) is 0. The van der Waals surface area contributed by atoms with Crippen LogP contribution >= 0.6 is 11.8 Å². The van der Waals surface area contributed by atoms with Crippen molar-refractivity contribution in [3.05, 3.63) is 35.4 Å². The van der Waals surface area contributed by atoms with E-state index in [9.17, 15) is 8.78 Å². The SMILES string of the molecule is CCNC(CCSC)Cc1c(F)cccc1F. The lowest BCUT2D eigenvalue weighted by molar-refractivity contribution is 0.479. The van der Waals surface area contributed by atoms with Crippen LogP contribution in [0.4, 0.5) is 8.78 Å². The molecule has 1 aromatic rings. The van der Waals surface area contributed by atoms with Gasteiger partial charge in [0.05, 0.1) is 0 Å². The third-order valence-electron chi connectivity index (χ3n) is 2.68. The molecule has 0 heterocycles. The van der Waals surface area contributed by atoms with Crippen molar-refractivity contribution in [2.45, 2.75) is 25.8 Å². The van der Waals surface area contributed by atoms with Gasteiger partial charge in [0.25, 0.3) is 0 Å². The highest BCUT2D eigenvalue weighted by molar-refractivity contribution is 7.98. The number of hydrogen-bond acceptors (Lipinski definition) is 2. The quantitative estimate of drug-likeness (QED) is 0.807. The van der Waals surface area contributed by atoms with Gasteiger partial charge in [-0.15, -0.1) is 0 Å². The molecule has 0 bridgehead atoms. The van der Waals surface area contributed by atoms with E-state index in [1.54, 1.807) is 11.8 Å². The number of nitrogens with one attached hydrogen (secondary N) is 1. The molecule has 0 radical (unpaired) electrons. The third kappa shape index (κ3) is 4.64. The summed E-state index contributed by atoms with van der Waals surface area (Å²) in [4.78, 5) is 0. The van der Waals surface area contributed by atoms with Crippen molar-refractivity contribution in [2.24, 2.45) is 0 Å². The molecule has 1 rings (SSSR count). The van der Waals surface area contributed by atoms with Gasteiger partial charge in [-0.05, 0) is 43.5 Å². The Hall–Kier alpha value is -0.610. The van der Waals surface area contributed by atoms with E-state index in [2.05, 4.69) is 5.32 Å². The second-order valence-corrected chi connectivity index (χ2v) is 4.93. The summed E-state index contributed by atoms with van der Waals surface area (Å²) in [6.45, 7) is 2.82. The van der Waals surface area contributed by atoms with Crippen molar-refractivity contribution in [3.63, 3.8) is 0 Å². The van der Waals surface area contributed by atoms with Crippen molar-refractivity contribution < 1.29 is 8.78 Å². The summed E-state index contributed by atoms with van der Waals surface area (Å²) in [5, 5.41) is 3.27. The van der Waals surface area contributed by atoms with Crippen LogP contribution in [0.15, 0.2) is 18.2 Å². The molecule has 96 valence electrons. The van der Waals surface area contributed by atoms with Crippen LogP contribution in [0.5, 0.6) is 0 Å². The standard InChI is InChI=1S/C13H19F2NS/c1-3-16-10(7-8-17-2)9-11-12(14)5-4-6-13(11)15/h4-6,10,16H,3,7-9H2,1-2H3. The lowest BCUT2D eigenvalue weighted by Gasteiger charge is -2.18. The van der Waals surface area contributed by atoms with Crippen LogP contribution in [0, 0.1) is 11.6 Å². The summed E-state index contributed by atoms with van der Waals surface area (Å²) in [5.41, 5.74) is 0.194. The summed E-state index contributed by atoms with van der Waals surface area (Å²) < 4.78 is 27.0. The maximum Gasteiger partial charge on any atom is 0.129 e. The number of likely N-dealkylation sites (N-methyl/N-ethyl adjacent to an activating group) is 1. The van der Waals surface area contributed by atoms with Crippen molar-refractivity contribution >= 4 is 11.8 Å². The zero-order chi connectivity index (χ0) is 12.7. The van der Waals surface area contributed by atoms with Crippen LogP contribution in [0.25, 0.3) is 0 Å². The minimum Gasteiger partial charge on any atom is -0.314 e. The maximum absolute atomic E-state index is 13.5. The van der Waals surface area contributed by atoms with E-state index in [0.717, 1.165) is 18.7 Å². The smallest absolute Gasteiger partial charge is 0.129 e. The fraction of sp³-hybridized carbons (Fsp3) is 0.538. The lowest BCUT2D eigenvalue weighted by Crippen LogP contribution is -2.32. The molecule has 0 aliphatic carbocycles. The minimum absolute atomic E-state index is 0.138. The summed E-state index contributed by atoms with van der Waals surface area (Å²) >= 11 is 1.75. The molecule has 0 aliphatic rings. The molecule has 0 spiro atoms. The number of thioether (sulfide) groups is 1. The van der Waals surface area contributed by atoms with Gasteiger partial charge in [0.1, 0.15) is 11.6 Å². The van der Waals surface area contributed by atoms with Gasteiger partial charge in [-0.25, -0.2) is 8.78 Å². The molecule has 1 unspecified atom stereocenters. The Morgan fingerprint density at radius 3 is 2.47 bits per heavy atom. The van der Waals surface area contributed by atoms with Crippen LogP contribution in [0.1, 0.15) is 18.9 Å². The number of halogens is 2. The Bertz CT molecular complexity index is 324. The van der Waals surface area contributed by atoms with Gasteiger partial charge in [-0.2, -0.15) is 11.8 Å². The molecule has 0 aliphatic heterocycles. The van der Waals surface area contributed by atoms with Gasteiger partial charge < -0.3 is 5.32 Å². The predicted octanol–water partition coefficient (Wildman–Crippen LogP) is 3.24. The highest BCUT2D eigenvalue weighted by Gasteiger charge is 2.14. The van der Waals surface area contributed by atoms with E-state index < -0.39 is 11.6 Å². The Morgan fingerprint density at radius 1 is 1.29 bits per heavy atom. The first-order valence-electron chi connectivity index (χ1n) is 5.84. The minimum atomic E-state index is -0.447. The molecule has 1 aromatic carbocycles. The predicted molar refractivity (Wildman–Crippen MR) is 70.5 cm³/mol. The first kappa shape index (κ1) is 14.5. The Balaban J connectivity index is 2.70. The zero-order valence-corrected chi connectivity index (χ0v) is 11.1. The summed E-state index contributed by atoms with van der Waals surface area (Å²) in [5.74, 6) is 0.0994. The van der Waals surface area contributed by atoms with Crippen LogP contribution < -0.4 is 5.32 Å². The number of benzene rings is 1. The van der Waals surface area contributed by atoms with Gasteiger partial charge in [0, 0.05) is 11.6 Å². The number of rotatable bonds is 7. The zero-order valence-electron chi connectivity index (χ0n) is 10.3. The Kier molecular flexibility index (Phi) is 6.52. The van der Waals surface area contributed by atoms with Crippen molar-refractivity contribution in [1.82, 2.24) is 5.32 Å². The van der Waals surface area contributed by atoms with Crippen LogP contribution in [-0.4, -0.2) is 24.6 Å². The molecule has 1 N–H and O–H groups in total. The average Bonchev–Trinajstić information content (AvgIpc) is 2.31. The van der Waals surface area contributed by atoms with E-state index in [1.165, 1.54) is 18.2 Å². The molecule has 1 atom stereocenters. The highest BCUT2D eigenvalue weighted by atomic mass is 32.2. The largest absolute Gasteiger partial charge is 0.314 e. The molecule has 4 heteroatoms. The average molecular weight is 259 g/mol. The topological polar surface area (TPSA) is 12.0 Å². The van der Waals surface area contributed by atoms with E-state index in [0.29, 0.717) is 6.42 Å². The van der Waals surface area contributed by atoms with Gasteiger partial charge in [-0.1, -0.05) is 13.0 Å². The summed E-state index contributed by atoms with van der Waals surface area (Å²) in [6, 6.07) is 4.17. The summed E-state index contributed by atoms with van der Waals surface area (Å²) in [6.07, 6.45) is 3.36. The first-order valence-corrected chi connectivity index (χ1v) is 7.23. The third-order valence-corrected chi connectivity index (χ3v) is 3.32. The molecule has 0 amide bonds. The van der Waals surface area contributed by atoms with Crippen LogP contribution in [0.3, 0.4) is 0 Å². The molecule has 0 aromatic heterocycles. The Morgan fingerprint density at radius 2 is 1.94 bits per heavy atom. The lowest BCUT2D eigenvalue weighted by atomic mass is 10.0. The maximum atomic E-state index is 13.5. The molecular formula is C13H19F2NS. The van der Waals surface area contributed by atoms with Crippen molar-refractivity contribution in [2.75, 3.05) is 18.6 Å². The van der Waals surface area contributed by atoms with E-state index >= 15 is 0 Å². The van der Waals surface area contributed by atoms with E-state index in [1.807, 2.05) is 13.2 Å². The fourth-order valence-electron chi connectivity index (χ4n) is 1.80. The molecule has 0 fully saturated rings. The Labute approximate surface area is 106 Å². The fourth-order valence-corrected chi connectivity index (χ4v) is 2.32. The normalized spacial score (nSPS) is 12.7. The van der Waals surface area contributed by atoms with E-state index in [-0.39, 0.29) is 11.6 Å². The second-order valence-electron chi connectivity index (χ2n) is 3.94. The molecule has 17 heavy (non-hydrogen) atoms. The highest BCUT2D eigenvalue weighted by Crippen LogP contribution is 2.16. The van der Waals surface area contributed by atoms with Crippen molar-refractivity contribution in [3.8, 4) is 0 Å². The van der Waals surface area contributed by atoms with Gasteiger partial charge in [0.15, 0.2) is 0 Å².